The van der Waals surface area contributed by atoms with Gasteiger partial charge in [-0.3, -0.25) is 4.79 Å². The number of carbonyl (C=O) groups is 1. The van der Waals surface area contributed by atoms with Crippen LogP contribution >= 0.6 is 0 Å². The maximum Gasteiger partial charge on any atom is 0.303 e. The average Bonchev–Trinajstić information content (AvgIpc) is 2.99. The average molecular weight is 408 g/mol. The van der Waals surface area contributed by atoms with Gasteiger partial charge in [0.1, 0.15) is 0 Å². The lowest BCUT2D eigenvalue weighted by Crippen LogP contribution is -2.60. The van der Waals surface area contributed by atoms with Crippen molar-refractivity contribution in [2.75, 3.05) is 0 Å². The van der Waals surface area contributed by atoms with E-state index in [-0.39, 0.29) is 53.2 Å². The zero-order valence-electron chi connectivity index (χ0n) is 18.7. The molecule has 164 valence electrons. The Kier molecular flexibility index (Phi) is 6.48. The van der Waals surface area contributed by atoms with Crippen molar-refractivity contribution in [1.82, 2.24) is 0 Å². The molecule has 0 spiro atoms. The number of carboxylic acid groups (broad SMARTS) is 1. The zero-order valence-corrected chi connectivity index (χ0v) is 18.7. The topological polar surface area (TPSA) is 37.3 Å². The Morgan fingerprint density at radius 3 is 2.31 bits per heavy atom. The minimum absolute atomic E-state index is 0.00268. The number of hydrogen-bond acceptors (Lipinski definition) is 1. The van der Waals surface area contributed by atoms with Gasteiger partial charge in [0.05, 0.1) is 7.85 Å². The molecular weight excluding hydrogens is 369 g/mol. The molecule has 0 heterocycles. The predicted molar refractivity (Wildman–Crippen MR) is 113 cm³/mol. The molecule has 4 rings (SSSR count). The minimum Gasteiger partial charge on any atom is -0.481 e. The molecule has 0 aromatic carbocycles. The third-order valence-corrected chi connectivity index (χ3v) is 9.60. The molecule has 4 saturated carbocycles. The summed E-state index contributed by atoms with van der Waals surface area (Å²) in [6, 6.07) is 0. The molecule has 0 saturated heterocycles. The van der Waals surface area contributed by atoms with Gasteiger partial charge in [-0.05, 0) is 73.0 Å². The van der Waals surface area contributed by atoms with Crippen LogP contribution < -0.4 is 0 Å². The Hall–Kier alpha value is -0.605. The van der Waals surface area contributed by atoms with E-state index in [0.717, 1.165) is 44.9 Å². The highest BCUT2D eigenvalue weighted by Gasteiger charge is 2.67. The van der Waals surface area contributed by atoms with E-state index in [1.54, 1.807) is 0 Å². The summed E-state index contributed by atoms with van der Waals surface area (Å²) in [5.74, 6) is -3.37. The van der Waals surface area contributed by atoms with Gasteiger partial charge in [0.15, 0.2) is 0 Å². The molecule has 4 aliphatic rings. The molecule has 2 radical (unpaired) electrons. The molecule has 0 bridgehead atoms. The van der Waals surface area contributed by atoms with E-state index in [2.05, 4.69) is 13.8 Å². The lowest BCUT2D eigenvalue weighted by Gasteiger charge is -2.63. The van der Waals surface area contributed by atoms with Crippen molar-refractivity contribution in [3.05, 3.63) is 0 Å². The van der Waals surface area contributed by atoms with Crippen LogP contribution in [-0.4, -0.2) is 24.8 Å². The van der Waals surface area contributed by atoms with Crippen molar-refractivity contribution in [2.45, 2.75) is 104 Å². The number of alkyl halides is 2. The number of hydrogen-bond donors (Lipinski definition) is 1. The maximum absolute atomic E-state index is 15.5. The fraction of sp³-hybridized carbons (Fsp3) is 0.958. The van der Waals surface area contributed by atoms with Gasteiger partial charge in [-0.1, -0.05) is 46.4 Å². The lowest BCUT2D eigenvalue weighted by molar-refractivity contribution is -0.231. The van der Waals surface area contributed by atoms with Crippen LogP contribution in [-0.2, 0) is 4.79 Å². The SMILES string of the molecule is CC.[B]C1CCC2(C)C(C1)CC(F)(F)C1C3CCC(CCC(=O)O)C3(C)CCC12. The standard InChI is InChI=1S/C22H33BF2O2.C2H6/c1-20-10-8-17-19(16(20)5-3-13(20)4-6-18(26)27)22(24,25)12-14-11-15(23)7-9-21(14,17)2;1-2/h13-17,19H,3-12H2,1-2H3,(H,26,27);1-2H3. The Labute approximate surface area is 177 Å². The number of aliphatic carboxylic acids is 1. The normalized spacial score (nSPS) is 47.8. The van der Waals surface area contributed by atoms with Gasteiger partial charge in [-0.15, -0.1) is 0 Å². The van der Waals surface area contributed by atoms with E-state index in [0.29, 0.717) is 6.42 Å². The molecular formula is C24H39BF2O2. The predicted octanol–water partition coefficient (Wildman–Crippen LogP) is 6.74. The fourth-order valence-electron chi connectivity index (χ4n) is 8.07. The first-order chi connectivity index (χ1) is 13.6. The van der Waals surface area contributed by atoms with Gasteiger partial charge in [-0.2, -0.15) is 0 Å². The molecule has 8 unspecified atom stereocenters. The number of rotatable bonds is 3. The van der Waals surface area contributed by atoms with Crippen molar-refractivity contribution < 1.29 is 18.7 Å². The second kappa shape index (κ2) is 8.15. The fourth-order valence-corrected chi connectivity index (χ4v) is 8.07. The summed E-state index contributed by atoms with van der Waals surface area (Å²) in [4.78, 5) is 11.0. The third kappa shape index (κ3) is 3.78. The minimum atomic E-state index is -2.61. The Bertz CT molecular complexity index is 612. The first-order valence-corrected chi connectivity index (χ1v) is 11.9. The Morgan fingerprint density at radius 1 is 1.03 bits per heavy atom. The molecule has 0 aromatic rings. The molecule has 2 nitrogen and oxygen atoms in total. The van der Waals surface area contributed by atoms with E-state index in [1.165, 1.54) is 0 Å². The second-order valence-corrected chi connectivity index (χ2v) is 10.7. The summed E-state index contributed by atoms with van der Waals surface area (Å²) in [6.07, 6.45) is 7.12. The van der Waals surface area contributed by atoms with Crippen LogP contribution in [0.5, 0.6) is 0 Å². The van der Waals surface area contributed by atoms with Crippen molar-refractivity contribution >= 4 is 13.8 Å². The number of halogens is 2. The molecule has 4 fully saturated rings. The molecule has 8 atom stereocenters. The second-order valence-electron chi connectivity index (χ2n) is 10.7. The molecule has 1 N–H and O–H groups in total. The third-order valence-electron chi connectivity index (χ3n) is 9.60. The maximum atomic E-state index is 15.5. The van der Waals surface area contributed by atoms with Gasteiger partial charge in [-0.25, -0.2) is 8.78 Å². The van der Waals surface area contributed by atoms with Crippen LogP contribution in [0.15, 0.2) is 0 Å². The quantitative estimate of drug-likeness (QED) is 0.525. The highest BCUT2D eigenvalue weighted by atomic mass is 19.3. The summed E-state index contributed by atoms with van der Waals surface area (Å²) in [5, 5.41) is 9.08. The van der Waals surface area contributed by atoms with E-state index in [4.69, 9.17) is 13.0 Å². The van der Waals surface area contributed by atoms with Crippen molar-refractivity contribution in [3.63, 3.8) is 0 Å². The van der Waals surface area contributed by atoms with Crippen molar-refractivity contribution in [1.29, 1.82) is 0 Å². The van der Waals surface area contributed by atoms with E-state index in [1.807, 2.05) is 13.8 Å². The number of carboxylic acids is 1. The summed E-state index contributed by atoms with van der Waals surface area (Å²) >= 11 is 0. The number of fused-ring (bicyclic) bond motifs is 5. The van der Waals surface area contributed by atoms with Crippen LogP contribution in [0.2, 0.25) is 5.82 Å². The van der Waals surface area contributed by atoms with Crippen LogP contribution in [0.1, 0.15) is 91.9 Å². The van der Waals surface area contributed by atoms with Crippen molar-refractivity contribution in [2.24, 2.45) is 40.4 Å². The van der Waals surface area contributed by atoms with E-state index < -0.39 is 17.8 Å². The zero-order chi connectivity index (χ0) is 21.6. The lowest BCUT2D eigenvalue weighted by atomic mass is 9.42. The van der Waals surface area contributed by atoms with Crippen LogP contribution in [0.25, 0.3) is 0 Å². The van der Waals surface area contributed by atoms with Crippen molar-refractivity contribution in [3.8, 4) is 0 Å². The Morgan fingerprint density at radius 2 is 1.66 bits per heavy atom. The summed E-state index contributed by atoms with van der Waals surface area (Å²) in [7, 11) is 6.15. The van der Waals surface area contributed by atoms with Gasteiger partial charge < -0.3 is 5.11 Å². The first-order valence-electron chi connectivity index (χ1n) is 11.9. The largest absolute Gasteiger partial charge is 0.481 e. The highest BCUT2D eigenvalue weighted by Crippen LogP contribution is 2.71. The van der Waals surface area contributed by atoms with Gasteiger partial charge in [0.2, 0.25) is 0 Å². The van der Waals surface area contributed by atoms with Crippen LogP contribution in [0, 0.1) is 40.4 Å². The molecule has 0 amide bonds. The van der Waals surface area contributed by atoms with Gasteiger partial charge in [0, 0.05) is 18.8 Å². The molecule has 4 aliphatic carbocycles. The summed E-state index contributed by atoms with van der Waals surface area (Å²) in [5.41, 5.74) is -0.114. The molecule has 0 aliphatic heterocycles. The molecule has 29 heavy (non-hydrogen) atoms. The highest BCUT2D eigenvalue weighted by molar-refractivity contribution is 6.11. The van der Waals surface area contributed by atoms with Crippen LogP contribution in [0.4, 0.5) is 8.78 Å². The molecule has 5 heteroatoms. The summed E-state index contributed by atoms with van der Waals surface area (Å²) in [6.45, 7) is 8.46. The monoisotopic (exact) mass is 408 g/mol. The van der Waals surface area contributed by atoms with Gasteiger partial charge in [0.25, 0.3) is 5.92 Å². The van der Waals surface area contributed by atoms with Crippen LogP contribution in [0.3, 0.4) is 0 Å². The first kappa shape index (κ1) is 23.1. The molecule has 0 aromatic heterocycles. The van der Waals surface area contributed by atoms with Gasteiger partial charge >= 0.3 is 5.97 Å². The Balaban J connectivity index is 0.00000117. The smallest absolute Gasteiger partial charge is 0.303 e. The van der Waals surface area contributed by atoms with E-state index >= 15 is 8.78 Å². The summed E-state index contributed by atoms with van der Waals surface area (Å²) < 4.78 is 31.0. The van der Waals surface area contributed by atoms with E-state index in [9.17, 15) is 4.79 Å².